The van der Waals surface area contributed by atoms with E-state index in [2.05, 4.69) is 0 Å². The highest BCUT2D eigenvalue weighted by Gasteiger charge is 2.70. The largest absolute Gasteiger partial charge is 0.508 e. The number of ketones is 2. The number of phenols is 1. The van der Waals surface area contributed by atoms with Crippen molar-refractivity contribution in [3.05, 3.63) is 45.7 Å². The van der Waals surface area contributed by atoms with E-state index in [1.165, 1.54) is 17.9 Å². The van der Waals surface area contributed by atoms with E-state index in [9.17, 15) is 39.9 Å². The number of nitrogens with zero attached hydrogens (tertiary/aromatic N) is 1. The Kier molecular flexibility index (Phi) is 5.83. The van der Waals surface area contributed by atoms with Crippen LogP contribution in [-0.2, 0) is 26.4 Å². The van der Waals surface area contributed by atoms with Crippen LogP contribution in [0.25, 0.3) is 5.76 Å². The maximum absolute atomic E-state index is 14.1. The molecule has 1 amide bonds. The molecule has 4 atom stereocenters. The molecule has 1 aromatic carbocycles. The van der Waals surface area contributed by atoms with Gasteiger partial charge in [-0.1, -0.05) is 32.3 Å². The number of primary amides is 1. The van der Waals surface area contributed by atoms with Gasteiger partial charge in [0.2, 0.25) is 5.78 Å². The second-order valence-electron chi connectivity index (χ2n) is 11.7. The Bertz CT molecular complexity index is 1340. The second-order valence-corrected chi connectivity index (χ2v) is 11.7. The molecule has 0 saturated heterocycles. The number of rotatable bonds is 3. The van der Waals surface area contributed by atoms with Crippen LogP contribution in [0.2, 0.25) is 0 Å². The summed E-state index contributed by atoms with van der Waals surface area (Å²) >= 11 is 0. The Morgan fingerprint density at radius 3 is 2.26 bits per heavy atom. The third-order valence-electron chi connectivity index (χ3n) is 9.33. The first kappa shape index (κ1) is 26.4. The molecule has 204 valence electrons. The van der Waals surface area contributed by atoms with Gasteiger partial charge >= 0.3 is 0 Å². The number of carbonyl (C=O) groups is 3. The van der Waals surface area contributed by atoms with Crippen molar-refractivity contribution in [1.82, 2.24) is 4.90 Å². The molecular weight excluding hydrogens is 492 g/mol. The van der Waals surface area contributed by atoms with Crippen molar-refractivity contribution in [3.63, 3.8) is 0 Å². The Labute approximate surface area is 220 Å². The minimum atomic E-state index is -2.73. The summed E-state index contributed by atoms with van der Waals surface area (Å²) in [7, 11) is 3.13. The predicted molar refractivity (Wildman–Crippen MR) is 136 cm³/mol. The van der Waals surface area contributed by atoms with Crippen LogP contribution in [0.15, 0.2) is 29.0 Å². The average Bonchev–Trinajstić information content (AvgIpc) is 2.81. The van der Waals surface area contributed by atoms with Gasteiger partial charge in [-0.05, 0) is 62.9 Å². The summed E-state index contributed by atoms with van der Waals surface area (Å²) in [6.07, 6.45) is 3.82. The lowest BCUT2D eigenvalue weighted by atomic mass is 9.49. The fourth-order valence-electron chi connectivity index (χ4n) is 7.66. The number of phenolic OH excluding ortho intramolecular Hbond substituents is 1. The van der Waals surface area contributed by atoms with Crippen LogP contribution < -0.4 is 5.73 Å². The molecule has 0 heterocycles. The van der Waals surface area contributed by atoms with Gasteiger partial charge in [0.25, 0.3) is 5.91 Å². The predicted octanol–water partition coefficient (Wildman–Crippen LogP) is 1.51. The number of aliphatic hydroxyl groups excluding tert-OH is 2. The van der Waals surface area contributed by atoms with E-state index in [-0.39, 0.29) is 29.7 Å². The molecule has 2 saturated carbocycles. The zero-order chi connectivity index (χ0) is 27.9. The van der Waals surface area contributed by atoms with Crippen LogP contribution in [0, 0.1) is 11.3 Å². The van der Waals surface area contributed by atoms with E-state index in [0.29, 0.717) is 24.0 Å². The van der Waals surface area contributed by atoms with Crippen molar-refractivity contribution in [2.45, 2.75) is 69.1 Å². The molecule has 10 nitrogen and oxygen atoms in total. The molecule has 0 radical (unpaired) electrons. The highest BCUT2D eigenvalue weighted by molar-refractivity contribution is 6.25. The highest BCUT2D eigenvalue weighted by Crippen LogP contribution is 2.59. The van der Waals surface area contributed by atoms with Gasteiger partial charge in [-0.15, -0.1) is 0 Å². The summed E-state index contributed by atoms with van der Waals surface area (Å²) in [5.41, 5.74) is -0.0509. The molecule has 0 spiro atoms. The number of nitrogens with two attached hydrogens (primary N) is 1. The van der Waals surface area contributed by atoms with Crippen molar-refractivity contribution in [2.24, 2.45) is 17.1 Å². The monoisotopic (exact) mass is 526 g/mol. The maximum atomic E-state index is 14.1. The summed E-state index contributed by atoms with van der Waals surface area (Å²) in [4.78, 5) is 41.1. The molecule has 5 rings (SSSR count). The number of likely N-dealkylation sites (N-methyl/N-ethyl adjacent to an activating group) is 1. The SMILES string of the molecule is CN(C)[C@@H]1C(=O)C(C(N)=O)=C(O)[C@@]2(O)C(=O)C3=C(O)c4c(O)ccc(C5(O)CCCCC5)c4C[C@H]3C[C@@]12C. The number of hydrogen-bond donors (Lipinski definition) is 6. The summed E-state index contributed by atoms with van der Waals surface area (Å²) in [6, 6.07) is 1.83. The molecule has 1 aromatic rings. The maximum Gasteiger partial charge on any atom is 0.255 e. The fourth-order valence-corrected chi connectivity index (χ4v) is 7.66. The Hall–Kier alpha value is -3.21. The van der Waals surface area contributed by atoms with E-state index in [1.54, 1.807) is 20.2 Å². The Morgan fingerprint density at radius 1 is 1.05 bits per heavy atom. The molecule has 0 aromatic heterocycles. The van der Waals surface area contributed by atoms with Crippen LogP contribution in [0.5, 0.6) is 5.75 Å². The molecule has 7 N–H and O–H groups in total. The molecular formula is C28H34N2O8. The van der Waals surface area contributed by atoms with Gasteiger partial charge in [0.1, 0.15) is 22.8 Å². The number of aliphatic hydroxyl groups is 4. The lowest BCUT2D eigenvalue weighted by Crippen LogP contribution is -2.71. The quantitative estimate of drug-likeness (QED) is 0.318. The Morgan fingerprint density at radius 2 is 1.68 bits per heavy atom. The van der Waals surface area contributed by atoms with Gasteiger partial charge in [-0.3, -0.25) is 19.3 Å². The van der Waals surface area contributed by atoms with Gasteiger partial charge in [-0.2, -0.15) is 0 Å². The van der Waals surface area contributed by atoms with Crippen LogP contribution in [-0.4, -0.2) is 73.6 Å². The summed E-state index contributed by atoms with van der Waals surface area (Å²) in [5.74, 6) is -5.81. The zero-order valence-electron chi connectivity index (χ0n) is 21.7. The van der Waals surface area contributed by atoms with E-state index >= 15 is 0 Å². The van der Waals surface area contributed by atoms with E-state index in [0.717, 1.165) is 19.3 Å². The number of Topliss-reactive ketones (excluding diaryl/α,β-unsaturated/α-hetero) is 2. The van der Waals surface area contributed by atoms with Crippen molar-refractivity contribution >= 4 is 23.2 Å². The number of hydrogen-bond acceptors (Lipinski definition) is 9. The first-order valence-electron chi connectivity index (χ1n) is 12.9. The zero-order valence-corrected chi connectivity index (χ0v) is 21.7. The first-order valence-corrected chi connectivity index (χ1v) is 12.9. The minimum absolute atomic E-state index is 0.00272. The summed E-state index contributed by atoms with van der Waals surface area (Å²) in [6.45, 7) is 1.50. The summed E-state index contributed by atoms with van der Waals surface area (Å²) < 4.78 is 0. The third-order valence-corrected chi connectivity index (χ3v) is 9.33. The third kappa shape index (κ3) is 3.20. The molecule has 2 fully saturated rings. The Balaban J connectivity index is 1.76. The second kappa shape index (κ2) is 8.39. The van der Waals surface area contributed by atoms with Crippen molar-refractivity contribution in [1.29, 1.82) is 0 Å². The van der Waals surface area contributed by atoms with Crippen LogP contribution in [0.3, 0.4) is 0 Å². The van der Waals surface area contributed by atoms with Gasteiger partial charge in [0.05, 0.1) is 17.2 Å². The highest BCUT2D eigenvalue weighted by atomic mass is 16.3. The number of aromatic hydroxyl groups is 1. The van der Waals surface area contributed by atoms with Gasteiger partial charge < -0.3 is 31.3 Å². The normalized spacial score (nSPS) is 32.7. The van der Waals surface area contributed by atoms with Crippen LogP contribution >= 0.6 is 0 Å². The molecule has 0 bridgehead atoms. The van der Waals surface area contributed by atoms with Crippen LogP contribution in [0.4, 0.5) is 0 Å². The van der Waals surface area contributed by atoms with Crippen molar-refractivity contribution in [2.75, 3.05) is 14.1 Å². The molecule has 0 aliphatic heterocycles. The molecule has 0 unspecified atom stereocenters. The lowest BCUT2D eigenvalue weighted by molar-refractivity contribution is -0.171. The number of amides is 1. The smallest absolute Gasteiger partial charge is 0.255 e. The van der Waals surface area contributed by atoms with Gasteiger partial charge in [-0.25, -0.2) is 0 Å². The van der Waals surface area contributed by atoms with Crippen molar-refractivity contribution in [3.8, 4) is 5.75 Å². The number of carbonyl (C=O) groups excluding carboxylic acids is 3. The van der Waals surface area contributed by atoms with E-state index < -0.39 is 63.1 Å². The minimum Gasteiger partial charge on any atom is -0.508 e. The average molecular weight is 527 g/mol. The molecule has 4 aliphatic rings. The number of fused-ring (bicyclic) bond motifs is 3. The molecule has 10 heteroatoms. The standard InChI is InChI=1S/C28H34N2O8/c1-26-12-13-11-14-15(27(37)9-5-4-6-10-27)7-8-16(31)18(14)20(32)17(13)23(34)28(26,38)24(35)19(25(29)36)21(33)22(26)30(2)3/h7-8,13,22,31-32,35,37-38H,4-6,9-12H2,1-3H3,(H2,29,36)/t13-,22+,26-,28-/m0/s1. The van der Waals surface area contributed by atoms with Gasteiger partial charge in [0.15, 0.2) is 11.4 Å². The molecule has 4 aliphatic carbocycles. The van der Waals surface area contributed by atoms with E-state index in [4.69, 9.17) is 5.73 Å². The summed E-state index contributed by atoms with van der Waals surface area (Å²) in [5, 5.41) is 56.7. The van der Waals surface area contributed by atoms with Crippen molar-refractivity contribution < 1.29 is 39.9 Å². The van der Waals surface area contributed by atoms with Crippen LogP contribution in [0.1, 0.15) is 62.1 Å². The number of benzene rings is 1. The lowest BCUT2D eigenvalue weighted by Gasteiger charge is -2.57. The fraction of sp³-hybridized carbons (Fsp3) is 0.536. The molecule has 38 heavy (non-hydrogen) atoms. The van der Waals surface area contributed by atoms with E-state index in [1.807, 2.05) is 0 Å². The first-order chi connectivity index (χ1) is 17.7. The topological polar surface area (TPSA) is 182 Å². The van der Waals surface area contributed by atoms with Gasteiger partial charge in [0, 0.05) is 11.0 Å².